The molecule has 0 unspecified atom stereocenters. The Morgan fingerprint density at radius 1 is 0.966 bits per heavy atom. The number of carbonyl (C=O) groups excluding carboxylic acids is 2. The number of benzene rings is 2. The average Bonchev–Trinajstić information content (AvgIpc) is 3.39. The highest BCUT2D eigenvalue weighted by atomic mass is 79.9. The van der Waals surface area contributed by atoms with Gasteiger partial charge in [0.05, 0.1) is 17.2 Å². The fourth-order valence-corrected chi connectivity index (χ4v) is 3.52. The highest BCUT2D eigenvalue weighted by molar-refractivity contribution is 9.10. The first-order valence-electron chi connectivity index (χ1n) is 8.24. The smallest absolute Gasteiger partial charge is 0.244 e. The van der Waals surface area contributed by atoms with E-state index in [1.165, 1.54) is 0 Å². The van der Waals surface area contributed by atoms with Gasteiger partial charge in [-0.1, -0.05) is 43.5 Å². The fourth-order valence-electron chi connectivity index (χ4n) is 2.41. The molecule has 150 valence electrons. The van der Waals surface area contributed by atoms with Crippen molar-refractivity contribution in [2.24, 2.45) is 0 Å². The third kappa shape index (κ3) is 5.57. The molecule has 2 aromatic carbocycles. The van der Waals surface area contributed by atoms with Gasteiger partial charge in [0, 0.05) is 44.3 Å². The van der Waals surface area contributed by atoms with Gasteiger partial charge < -0.3 is 0 Å². The Bertz CT molecular complexity index is 1160. The Morgan fingerprint density at radius 2 is 1.62 bits per heavy atom. The number of nitrogens with one attached hydrogen (secondary N) is 2. The van der Waals surface area contributed by atoms with Gasteiger partial charge in [0.25, 0.3) is 0 Å². The fraction of sp³-hybridized carbons (Fsp3) is 0.111. The average molecular weight is 562 g/mol. The summed E-state index contributed by atoms with van der Waals surface area (Å²) in [6, 6.07) is 11.8. The van der Waals surface area contributed by atoms with Gasteiger partial charge in [0.15, 0.2) is 0 Å². The van der Waals surface area contributed by atoms with Crippen LogP contribution in [0.2, 0.25) is 5.15 Å². The number of halogens is 4. The summed E-state index contributed by atoms with van der Waals surface area (Å²) in [7, 11) is 0. The maximum Gasteiger partial charge on any atom is 0.244 e. The van der Waals surface area contributed by atoms with Crippen LogP contribution in [0.15, 0.2) is 51.5 Å². The predicted molar refractivity (Wildman–Crippen MR) is 120 cm³/mol. The van der Waals surface area contributed by atoms with Crippen LogP contribution < -0.4 is 0 Å². The maximum absolute atomic E-state index is 10.4. The standard InChI is InChI=1S/C7H4BrClN2.C7H5BrN2.C4H4ClNO2/c8-4-1-2-6-5(3-4)7(9)11-10-6;8-6-1-2-7-5(3-6)4-9-10-7;5-6-3(7)1-2-4(6)8/h1-3H,(H,10,11);1-4H,(H,9,10);1-2H2. The van der Waals surface area contributed by atoms with Gasteiger partial charge >= 0.3 is 0 Å². The summed E-state index contributed by atoms with van der Waals surface area (Å²) < 4.78 is 2.73. The lowest BCUT2D eigenvalue weighted by Crippen LogP contribution is -2.16. The number of hydrogen-bond donors (Lipinski definition) is 2. The van der Waals surface area contributed by atoms with Crippen molar-refractivity contribution in [3.63, 3.8) is 0 Å². The predicted octanol–water partition coefficient (Wildman–Crippen LogP) is 5.59. The number of fused-ring (bicyclic) bond motifs is 2. The van der Waals surface area contributed by atoms with E-state index >= 15 is 0 Å². The molecular formula is C18H13Br2Cl2N5O2. The van der Waals surface area contributed by atoms with Gasteiger partial charge in [-0.3, -0.25) is 19.8 Å². The molecule has 0 aliphatic carbocycles. The van der Waals surface area contributed by atoms with Gasteiger partial charge in [0.1, 0.15) is 5.15 Å². The quantitative estimate of drug-likeness (QED) is 0.216. The number of aromatic nitrogens is 4. The first-order valence-corrected chi connectivity index (χ1v) is 10.5. The number of amides is 2. The van der Waals surface area contributed by atoms with Gasteiger partial charge in [0.2, 0.25) is 11.8 Å². The molecule has 0 bridgehead atoms. The van der Waals surface area contributed by atoms with Crippen molar-refractivity contribution in [2.75, 3.05) is 0 Å². The Labute approximate surface area is 192 Å². The van der Waals surface area contributed by atoms with E-state index in [1.807, 2.05) is 36.4 Å². The van der Waals surface area contributed by atoms with Crippen molar-refractivity contribution in [1.29, 1.82) is 0 Å². The molecule has 2 amide bonds. The Balaban J connectivity index is 0.000000126. The molecule has 4 aromatic rings. The minimum absolute atomic E-state index is 0.266. The minimum atomic E-state index is -0.295. The highest BCUT2D eigenvalue weighted by Gasteiger charge is 2.26. The minimum Gasteiger partial charge on any atom is -0.278 e. The second kappa shape index (κ2) is 9.71. The summed E-state index contributed by atoms with van der Waals surface area (Å²) in [5.41, 5.74) is 1.96. The van der Waals surface area contributed by atoms with Crippen LogP contribution in [0.4, 0.5) is 0 Å². The van der Waals surface area contributed by atoms with Crippen molar-refractivity contribution in [3.8, 4) is 0 Å². The second-order valence-electron chi connectivity index (χ2n) is 5.87. The van der Waals surface area contributed by atoms with Crippen LogP contribution in [-0.4, -0.2) is 36.6 Å². The number of carbonyl (C=O) groups is 2. The molecule has 0 atom stereocenters. The Morgan fingerprint density at radius 3 is 2.28 bits per heavy atom. The molecule has 0 radical (unpaired) electrons. The lowest BCUT2D eigenvalue weighted by atomic mass is 10.3. The Kier molecular flexibility index (Phi) is 7.28. The van der Waals surface area contributed by atoms with Crippen LogP contribution in [-0.2, 0) is 9.59 Å². The molecule has 1 aliphatic heterocycles. The molecule has 1 fully saturated rings. The topological polar surface area (TPSA) is 94.7 Å². The highest BCUT2D eigenvalue weighted by Crippen LogP contribution is 2.23. The summed E-state index contributed by atoms with van der Waals surface area (Å²) >= 11 is 17.7. The van der Waals surface area contributed by atoms with Crippen molar-refractivity contribution in [3.05, 3.63) is 56.7 Å². The molecule has 7 nitrogen and oxygen atoms in total. The summed E-state index contributed by atoms with van der Waals surface area (Å²) in [5, 5.41) is 16.1. The van der Waals surface area contributed by atoms with E-state index in [-0.39, 0.29) is 24.7 Å². The molecule has 2 N–H and O–H groups in total. The van der Waals surface area contributed by atoms with Crippen molar-refractivity contribution in [1.82, 2.24) is 24.8 Å². The largest absolute Gasteiger partial charge is 0.278 e. The molecule has 2 aromatic heterocycles. The van der Waals surface area contributed by atoms with Gasteiger partial charge in [-0.25, -0.2) is 0 Å². The molecule has 1 aliphatic rings. The van der Waals surface area contributed by atoms with Crippen molar-refractivity contribution in [2.45, 2.75) is 12.8 Å². The lowest BCUT2D eigenvalue weighted by molar-refractivity contribution is -0.132. The summed E-state index contributed by atoms with van der Waals surface area (Å²) in [6.07, 6.45) is 2.34. The molecular weight excluding hydrogens is 549 g/mol. The van der Waals surface area contributed by atoms with Gasteiger partial charge in [-0.15, -0.1) is 0 Å². The van der Waals surface area contributed by atoms with E-state index in [4.69, 9.17) is 23.4 Å². The van der Waals surface area contributed by atoms with Gasteiger partial charge in [-0.2, -0.15) is 14.6 Å². The second-order valence-corrected chi connectivity index (χ2v) is 8.42. The summed E-state index contributed by atoms with van der Waals surface area (Å²) in [5.74, 6) is -0.590. The first kappa shape index (κ1) is 21.8. The summed E-state index contributed by atoms with van der Waals surface area (Å²) in [6.45, 7) is 0. The van der Waals surface area contributed by atoms with Crippen LogP contribution in [0.25, 0.3) is 21.8 Å². The number of hydrogen-bond acceptors (Lipinski definition) is 4. The van der Waals surface area contributed by atoms with E-state index in [9.17, 15) is 9.59 Å². The SMILES string of the molecule is Brc1ccc2[nH]ncc2c1.Clc1[nH]nc2ccc(Br)cc12.O=C1CCC(=O)N1Cl. The zero-order chi connectivity index (χ0) is 21.0. The summed E-state index contributed by atoms with van der Waals surface area (Å²) in [4.78, 5) is 20.7. The molecule has 0 spiro atoms. The third-order valence-electron chi connectivity index (χ3n) is 3.86. The van der Waals surface area contributed by atoms with Crippen molar-refractivity contribution < 1.29 is 9.59 Å². The lowest BCUT2D eigenvalue weighted by Gasteiger charge is -1.96. The molecule has 5 rings (SSSR count). The molecule has 1 saturated heterocycles. The first-order chi connectivity index (χ1) is 13.8. The third-order valence-corrected chi connectivity index (χ3v) is 5.51. The van der Waals surface area contributed by atoms with E-state index in [0.717, 1.165) is 30.8 Å². The number of nitrogens with zero attached hydrogens (tertiary/aromatic N) is 3. The zero-order valence-corrected chi connectivity index (χ0v) is 19.3. The van der Waals surface area contributed by atoms with E-state index in [0.29, 0.717) is 9.57 Å². The van der Waals surface area contributed by atoms with E-state index in [2.05, 4.69) is 52.3 Å². The van der Waals surface area contributed by atoms with Crippen LogP contribution in [0.1, 0.15) is 12.8 Å². The molecule has 11 heteroatoms. The van der Waals surface area contributed by atoms with E-state index < -0.39 is 0 Å². The van der Waals surface area contributed by atoms with Crippen LogP contribution >= 0.6 is 55.2 Å². The number of rotatable bonds is 0. The number of H-pyrrole nitrogens is 2. The number of imide groups is 1. The van der Waals surface area contributed by atoms with Crippen LogP contribution in [0.5, 0.6) is 0 Å². The Hall–Kier alpha value is -1.94. The molecule has 0 saturated carbocycles. The van der Waals surface area contributed by atoms with Gasteiger partial charge in [-0.05, 0) is 36.4 Å². The van der Waals surface area contributed by atoms with Crippen molar-refractivity contribution >= 4 is 88.9 Å². The van der Waals surface area contributed by atoms with Crippen LogP contribution in [0, 0.1) is 0 Å². The monoisotopic (exact) mass is 559 g/mol. The molecule has 3 heterocycles. The maximum atomic E-state index is 10.4. The number of aromatic amines is 2. The normalized spacial score (nSPS) is 13.3. The molecule has 29 heavy (non-hydrogen) atoms. The van der Waals surface area contributed by atoms with Crippen LogP contribution in [0.3, 0.4) is 0 Å². The zero-order valence-electron chi connectivity index (χ0n) is 14.6. The van der Waals surface area contributed by atoms with E-state index in [1.54, 1.807) is 6.20 Å².